The number of nitrogens with zero attached hydrogens (tertiary/aromatic N) is 2. The van der Waals surface area contributed by atoms with E-state index in [1.807, 2.05) is 66.4 Å². The number of fused-ring (bicyclic) bond motifs is 3. The van der Waals surface area contributed by atoms with Crippen molar-refractivity contribution in [2.45, 2.75) is 74.9 Å². The third-order valence-electron chi connectivity index (χ3n) is 11.8. The molecule has 3 aliphatic rings. The molecule has 310 valence electrons. The number of aromatic amines is 1. The highest BCUT2D eigenvalue weighted by Crippen LogP contribution is 2.37. The number of urea groups is 1. The summed E-state index contributed by atoms with van der Waals surface area (Å²) in [6, 6.07) is 22.1. The zero-order valence-electron chi connectivity index (χ0n) is 32.7. The Balaban J connectivity index is 0.868. The number of amides is 4. The zero-order chi connectivity index (χ0) is 41.1. The number of aromatic nitrogens is 2. The molecule has 0 bridgehead atoms. The van der Waals surface area contributed by atoms with E-state index in [1.165, 1.54) is 0 Å². The molecule has 16 heteroatoms. The number of thioether (sulfide) groups is 1. The van der Waals surface area contributed by atoms with Crippen LogP contribution in [0.25, 0.3) is 32.9 Å². The number of para-hydroxylation sites is 1. The quantitative estimate of drug-likeness (QED) is 0.0424. The summed E-state index contributed by atoms with van der Waals surface area (Å²) in [5.41, 5.74) is 12.2. The van der Waals surface area contributed by atoms with Crippen LogP contribution in [0.15, 0.2) is 79.1 Å². The fourth-order valence-corrected chi connectivity index (χ4v) is 11.9. The molecule has 0 radical (unpaired) electrons. The molecule has 3 aliphatic heterocycles. The van der Waals surface area contributed by atoms with Crippen LogP contribution in [0.1, 0.15) is 72.5 Å². The number of carbonyl (C=O) groups excluding carboxylic acids is 3. The first-order valence-electron chi connectivity index (χ1n) is 20.4. The molecule has 59 heavy (non-hydrogen) atoms. The highest BCUT2D eigenvalue weighted by molar-refractivity contribution is 8.00. The maximum absolute atomic E-state index is 13.4. The van der Waals surface area contributed by atoms with Crippen molar-refractivity contribution in [1.82, 2.24) is 35.1 Å². The zero-order valence-corrected chi connectivity index (χ0v) is 35.2. The molecule has 3 fully saturated rings. The van der Waals surface area contributed by atoms with Gasteiger partial charge in [0, 0.05) is 95.0 Å². The maximum atomic E-state index is 13.4. The molecule has 0 spiro atoms. The first-order valence-corrected chi connectivity index (χ1v) is 23.4. The van der Waals surface area contributed by atoms with E-state index in [0.717, 1.165) is 69.1 Å². The molecule has 7 N–H and O–H groups in total. The van der Waals surface area contributed by atoms with E-state index in [1.54, 1.807) is 10.5 Å². The van der Waals surface area contributed by atoms with E-state index >= 15 is 0 Å². The Morgan fingerprint density at radius 1 is 0.949 bits per heavy atom. The molecule has 0 unspecified atom stereocenters. The van der Waals surface area contributed by atoms with Crippen molar-refractivity contribution in [2.24, 2.45) is 5.73 Å². The molecule has 5 heterocycles. The normalized spacial score (nSPS) is 19.7. The lowest BCUT2D eigenvalue weighted by Crippen LogP contribution is -2.40. The van der Waals surface area contributed by atoms with E-state index in [-0.39, 0.29) is 41.7 Å². The van der Waals surface area contributed by atoms with E-state index in [9.17, 15) is 22.8 Å². The van der Waals surface area contributed by atoms with Gasteiger partial charge in [-0.3, -0.25) is 9.59 Å². The summed E-state index contributed by atoms with van der Waals surface area (Å²) in [7, 11) is -3.51. The Morgan fingerprint density at radius 2 is 1.78 bits per heavy atom. The number of H-pyrrole nitrogens is 1. The molecule has 3 atom stereocenters. The predicted octanol–water partition coefficient (Wildman–Crippen LogP) is 5.55. The molecule has 4 amide bonds. The fourth-order valence-electron chi connectivity index (χ4n) is 8.69. The van der Waals surface area contributed by atoms with Gasteiger partial charge in [-0.1, -0.05) is 67.2 Å². The number of hydrogen-bond donors (Lipinski definition) is 6. The third kappa shape index (κ3) is 9.15. The summed E-state index contributed by atoms with van der Waals surface area (Å²) in [4.78, 5) is 40.9. The van der Waals surface area contributed by atoms with Crippen molar-refractivity contribution >= 4 is 78.6 Å². The molecular weight excluding hydrogens is 805 g/mol. The number of thiocarbonyl (C=S) groups is 1. The van der Waals surface area contributed by atoms with Gasteiger partial charge in [-0.25, -0.2) is 17.5 Å². The van der Waals surface area contributed by atoms with Crippen molar-refractivity contribution in [3.8, 4) is 11.1 Å². The molecule has 13 nitrogen and oxygen atoms in total. The lowest BCUT2D eigenvalue weighted by Gasteiger charge is -2.32. The van der Waals surface area contributed by atoms with Gasteiger partial charge in [0.05, 0.1) is 23.4 Å². The van der Waals surface area contributed by atoms with E-state index < -0.39 is 10.0 Å². The number of hydrogen-bond acceptors (Lipinski definition) is 7. The van der Waals surface area contributed by atoms with E-state index in [2.05, 4.69) is 49.1 Å². The van der Waals surface area contributed by atoms with Crippen LogP contribution < -0.4 is 27.0 Å². The molecule has 3 aromatic carbocycles. The van der Waals surface area contributed by atoms with Gasteiger partial charge < -0.3 is 36.6 Å². The van der Waals surface area contributed by atoms with Gasteiger partial charge in [-0.15, -0.1) is 0 Å². The van der Waals surface area contributed by atoms with Gasteiger partial charge in [-0.05, 0) is 61.4 Å². The molecule has 8 rings (SSSR count). The van der Waals surface area contributed by atoms with Crippen molar-refractivity contribution < 1.29 is 22.8 Å². The van der Waals surface area contributed by atoms with Crippen molar-refractivity contribution in [1.29, 1.82) is 0 Å². The minimum atomic E-state index is -3.51. The molecule has 0 saturated carbocycles. The lowest BCUT2D eigenvalue weighted by molar-refractivity contribution is -0.121. The Morgan fingerprint density at radius 3 is 2.61 bits per heavy atom. The second-order valence-electron chi connectivity index (χ2n) is 15.7. The first kappa shape index (κ1) is 40.9. The second kappa shape index (κ2) is 17.8. The van der Waals surface area contributed by atoms with Crippen LogP contribution in [0.2, 0.25) is 0 Å². The van der Waals surface area contributed by atoms with Crippen LogP contribution in [0, 0.1) is 0 Å². The highest BCUT2D eigenvalue weighted by atomic mass is 32.2. The number of benzene rings is 3. The molecule has 2 aromatic heterocycles. The summed E-state index contributed by atoms with van der Waals surface area (Å²) in [5.74, 6) is 0.669. The summed E-state index contributed by atoms with van der Waals surface area (Å²) in [5, 5.41) is 14.2. The van der Waals surface area contributed by atoms with Crippen LogP contribution in [0.4, 0.5) is 4.79 Å². The van der Waals surface area contributed by atoms with E-state index in [4.69, 9.17) is 18.0 Å². The number of sulfonamides is 1. The Labute approximate surface area is 353 Å². The fraction of sp³-hybridized carbons (Fsp3) is 0.395. The molecule has 0 aliphatic carbocycles. The van der Waals surface area contributed by atoms with Crippen LogP contribution in [-0.4, -0.2) is 93.6 Å². The first-order chi connectivity index (χ1) is 28.5. The number of piperidine rings is 1. The summed E-state index contributed by atoms with van der Waals surface area (Å²) in [6.07, 6.45) is 8.50. The summed E-state index contributed by atoms with van der Waals surface area (Å²) < 4.78 is 30.7. The van der Waals surface area contributed by atoms with Crippen LogP contribution in [-0.2, 0) is 21.4 Å². The summed E-state index contributed by atoms with van der Waals surface area (Å²) >= 11 is 7.15. The van der Waals surface area contributed by atoms with Gasteiger partial charge in [0.1, 0.15) is 4.99 Å². The Kier molecular flexibility index (Phi) is 12.3. The topological polar surface area (TPSA) is 183 Å². The lowest BCUT2D eigenvalue weighted by atomic mass is 10.0. The van der Waals surface area contributed by atoms with Crippen LogP contribution >= 0.6 is 24.0 Å². The van der Waals surface area contributed by atoms with Crippen LogP contribution in [0.3, 0.4) is 0 Å². The van der Waals surface area contributed by atoms with Crippen molar-refractivity contribution in [3.63, 3.8) is 0 Å². The smallest absolute Gasteiger partial charge is 0.315 e. The number of carbonyl (C=O) groups is 3. The van der Waals surface area contributed by atoms with Gasteiger partial charge >= 0.3 is 6.03 Å². The number of rotatable bonds is 16. The third-order valence-corrected chi connectivity index (χ3v) is 15.5. The number of nitrogens with two attached hydrogens (primary N) is 1. The largest absolute Gasteiger partial charge is 0.389 e. The highest BCUT2D eigenvalue weighted by Gasteiger charge is 2.42. The minimum Gasteiger partial charge on any atom is -0.389 e. The standard InChI is InChI=1S/C43H50N8O5S3/c44-41(57)29-8-5-7-28(22-29)34-25-51(37-21-27(13-14-32(34)37)23-47-42(53)33-24-46-35-10-2-1-9-31(33)35)30-15-18-50(19-16-30)59(55,56)20-6-17-45-39(52)12-4-3-11-38-40-36(26-58-38)48-43(54)49-40/h1-2,5,7-10,13-14,21-22,24-25,30,36,38,40,46H,3-4,6,11-12,15-20,23,26H2,(H2,44,57)(H,45,52)(H,47,53)(H2,48,49,54)/t36-,38-,40-/m0/s1. The predicted molar refractivity (Wildman–Crippen MR) is 238 cm³/mol. The number of nitrogens with one attached hydrogen (secondary N) is 5. The average molecular weight is 855 g/mol. The minimum absolute atomic E-state index is 0.0251. The Bertz CT molecular complexity index is 2490. The Hall–Kier alpha value is -4.90. The van der Waals surface area contributed by atoms with Crippen LogP contribution in [0.5, 0.6) is 0 Å². The average Bonchev–Trinajstić information content (AvgIpc) is 4.03. The maximum Gasteiger partial charge on any atom is 0.315 e. The molecule has 5 aromatic rings. The number of unbranched alkanes of at least 4 members (excludes halogenated alkanes) is 1. The van der Waals surface area contributed by atoms with Crippen molar-refractivity contribution in [2.75, 3.05) is 31.1 Å². The van der Waals surface area contributed by atoms with E-state index in [0.29, 0.717) is 67.7 Å². The molecule has 3 saturated heterocycles. The van der Waals surface area contributed by atoms with Gasteiger partial charge in [0.15, 0.2) is 0 Å². The monoisotopic (exact) mass is 854 g/mol. The van der Waals surface area contributed by atoms with Gasteiger partial charge in [0.2, 0.25) is 15.9 Å². The SMILES string of the molecule is NC(=S)c1cccc(-c2cn(C3CCN(S(=O)(=O)CCCNC(=O)CCCC[C@@H]4SC[C@@H]5NC(=O)N[C@@H]54)CC3)c3cc(CNC(=O)c4c[nH]c5ccccc45)ccc23)c1. The second-order valence-corrected chi connectivity index (χ2v) is 19.5. The van der Waals surface area contributed by atoms with Gasteiger partial charge in [0.25, 0.3) is 5.91 Å². The summed E-state index contributed by atoms with van der Waals surface area (Å²) in [6.45, 7) is 1.44. The van der Waals surface area contributed by atoms with Crippen molar-refractivity contribution in [3.05, 3.63) is 95.8 Å². The van der Waals surface area contributed by atoms with Gasteiger partial charge in [-0.2, -0.15) is 11.8 Å². The molecular formula is C43H50N8O5S3.